The highest BCUT2D eigenvalue weighted by molar-refractivity contribution is 6.34. The van der Waals surface area contributed by atoms with Crippen LogP contribution in [0.25, 0.3) is 0 Å². The Labute approximate surface area is 114 Å². The molecular weight excluding hydrogens is 248 g/mol. The lowest BCUT2D eigenvalue weighted by Crippen LogP contribution is -2.49. The zero-order valence-corrected chi connectivity index (χ0v) is 11.5. The van der Waals surface area contributed by atoms with Crippen molar-refractivity contribution in [1.29, 1.82) is 0 Å². The number of hydrogen-bond donors (Lipinski definition) is 2. The van der Waals surface area contributed by atoms with Crippen molar-refractivity contribution in [3.05, 3.63) is 0 Å². The second-order valence-electron chi connectivity index (χ2n) is 4.95. The number of hydrogen-bond acceptors (Lipinski definition) is 4. The molecule has 1 fully saturated rings. The van der Waals surface area contributed by atoms with E-state index in [1.807, 2.05) is 0 Å². The Morgan fingerprint density at radius 3 is 2.00 bits per heavy atom. The quantitative estimate of drug-likeness (QED) is 0.667. The second-order valence-corrected chi connectivity index (χ2v) is 4.95. The molecule has 0 aromatic carbocycles. The fourth-order valence-corrected chi connectivity index (χ4v) is 2.48. The first-order valence-corrected chi connectivity index (χ1v) is 6.89. The van der Waals surface area contributed by atoms with Gasteiger partial charge >= 0.3 is 11.8 Å². The first kappa shape index (κ1) is 15.9. The summed E-state index contributed by atoms with van der Waals surface area (Å²) in [5, 5.41) is 17.8. The number of aliphatic hydroxyl groups is 2. The van der Waals surface area contributed by atoms with E-state index in [9.17, 15) is 9.59 Å². The van der Waals surface area contributed by atoms with Crippen molar-refractivity contribution < 1.29 is 19.8 Å². The van der Waals surface area contributed by atoms with Crippen molar-refractivity contribution in [2.75, 3.05) is 33.4 Å². The van der Waals surface area contributed by atoms with Gasteiger partial charge in [-0.1, -0.05) is 19.3 Å². The van der Waals surface area contributed by atoms with Crippen LogP contribution in [0.1, 0.15) is 32.1 Å². The van der Waals surface area contributed by atoms with Crippen LogP contribution < -0.4 is 0 Å². The van der Waals surface area contributed by atoms with Gasteiger partial charge in [0.1, 0.15) is 0 Å². The summed E-state index contributed by atoms with van der Waals surface area (Å²) in [6.45, 7) is -0.286. The van der Waals surface area contributed by atoms with Gasteiger partial charge in [-0.05, 0) is 12.8 Å². The SMILES string of the molecule is CN(C(=O)C(=O)N(CCO)CCO)C1CCCCC1. The van der Waals surface area contributed by atoms with Crippen LogP contribution in [-0.4, -0.2) is 71.2 Å². The van der Waals surface area contributed by atoms with Gasteiger partial charge in [0.25, 0.3) is 0 Å². The largest absolute Gasteiger partial charge is 0.395 e. The Hall–Kier alpha value is -1.14. The molecule has 0 atom stereocenters. The van der Waals surface area contributed by atoms with Crippen molar-refractivity contribution in [3.8, 4) is 0 Å². The predicted octanol–water partition coefficient (Wildman–Crippen LogP) is -0.409. The minimum absolute atomic E-state index is 0.0731. The average Bonchev–Trinajstić information content (AvgIpc) is 2.45. The molecule has 2 amide bonds. The Morgan fingerprint density at radius 2 is 1.53 bits per heavy atom. The lowest BCUT2D eigenvalue weighted by Gasteiger charge is -2.32. The first-order valence-electron chi connectivity index (χ1n) is 6.89. The molecule has 19 heavy (non-hydrogen) atoms. The van der Waals surface area contributed by atoms with Gasteiger partial charge in [-0.25, -0.2) is 0 Å². The summed E-state index contributed by atoms with van der Waals surface area (Å²) in [6.07, 6.45) is 5.25. The Balaban J connectivity index is 2.60. The lowest BCUT2D eigenvalue weighted by atomic mass is 9.94. The summed E-state index contributed by atoms with van der Waals surface area (Å²) in [5.74, 6) is -1.19. The van der Waals surface area contributed by atoms with Crippen LogP contribution in [0.3, 0.4) is 0 Å². The average molecular weight is 272 g/mol. The number of nitrogens with zero attached hydrogens (tertiary/aromatic N) is 2. The molecule has 0 spiro atoms. The van der Waals surface area contributed by atoms with Crippen LogP contribution in [0.5, 0.6) is 0 Å². The molecule has 0 radical (unpaired) electrons. The molecule has 0 aromatic rings. The highest BCUT2D eigenvalue weighted by Crippen LogP contribution is 2.21. The number of carbonyl (C=O) groups is 2. The van der Waals surface area contributed by atoms with Crippen LogP contribution in [-0.2, 0) is 9.59 Å². The summed E-state index contributed by atoms with van der Waals surface area (Å²) < 4.78 is 0. The topological polar surface area (TPSA) is 81.1 Å². The van der Waals surface area contributed by atoms with Crippen molar-refractivity contribution in [2.45, 2.75) is 38.1 Å². The summed E-state index contributed by atoms with van der Waals surface area (Å²) in [6, 6.07) is 0.135. The molecule has 2 N–H and O–H groups in total. The normalized spacial score (nSPS) is 16.2. The number of likely N-dealkylation sites (N-methyl/N-ethyl adjacent to an activating group) is 1. The van der Waals surface area contributed by atoms with Gasteiger partial charge in [0.2, 0.25) is 0 Å². The minimum atomic E-state index is -0.642. The molecule has 0 unspecified atom stereocenters. The van der Waals surface area contributed by atoms with E-state index in [1.54, 1.807) is 7.05 Å². The van der Waals surface area contributed by atoms with Gasteiger partial charge in [0, 0.05) is 26.2 Å². The fraction of sp³-hybridized carbons (Fsp3) is 0.846. The third-order valence-electron chi connectivity index (χ3n) is 3.65. The van der Waals surface area contributed by atoms with E-state index in [0.29, 0.717) is 0 Å². The monoisotopic (exact) mass is 272 g/mol. The van der Waals surface area contributed by atoms with E-state index < -0.39 is 11.8 Å². The van der Waals surface area contributed by atoms with Crippen LogP contribution in [0.4, 0.5) is 0 Å². The summed E-state index contributed by atoms with van der Waals surface area (Å²) >= 11 is 0. The van der Waals surface area contributed by atoms with Gasteiger partial charge in [0.05, 0.1) is 13.2 Å². The maximum absolute atomic E-state index is 12.1. The maximum Gasteiger partial charge on any atom is 0.312 e. The molecule has 1 aliphatic carbocycles. The highest BCUT2D eigenvalue weighted by atomic mass is 16.3. The minimum Gasteiger partial charge on any atom is -0.395 e. The lowest BCUT2D eigenvalue weighted by molar-refractivity contribution is -0.153. The molecule has 0 aromatic heterocycles. The van der Waals surface area contributed by atoms with Gasteiger partial charge in [-0.2, -0.15) is 0 Å². The van der Waals surface area contributed by atoms with E-state index in [2.05, 4.69) is 0 Å². The van der Waals surface area contributed by atoms with E-state index in [4.69, 9.17) is 10.2 Å². The highest BCUT2D eigenvalue weighted by Gasteiger charge is 2.29. The number of amides is 2. The van der Waals surface area contributed by atoms with Crippen molar-refractivity contribution in [2.24, 2.45) is 0 Å². The third kappa shape index (κ3) is 4.47. The standard InChI is InChI=1S/C13H24N2O4/c1-14(11-5-3-2-4-6-11)12(18)13(19)15(7-9-16)8-10-17/h11,16-17H,2-10H2,1H3. The number of aliphatic hydroxyl groups excluding tert-OH is 2. The molecule has 0 aliphatic heterocycles. The zero-order chi connectivity index (χ0) is 14.3. The third-order valence-corrected chi connectivity index (χ3v) is 3.65. The molecule has 0 bridgehead atoms. The van der Waals surface area contributed by atoms with Crippen LogP contribution >= 0.6 is 0 Å². The van der Waals surface area contributed by atoms with Crippen LogP contribution in [0.15, 0.2) is 0 Å². The molecule has 110 valence electrons. The molecule has 0 heterocycles. The van der Waals surface area contributed by atoms with Crippen LogP contribution in [0, 0.1) is 0 Å². The molecule has 1 rings (SSSR count). The Bertz CT molecular complexity index is 297. The van der Waals surface area contributed by atoms with Crippen LogP contribution in [0.2, 0.25) is 0 Å². The first-order chi connectivity index (χ1) is 9.11. The van der Waals surface area contributed by atoms with Crippen molar-refractivity contribution >= 4 is 11.8 Å². The fourth-order valence-electron chi connectivity index (χ4n) is 2.48. The van der Waals surface area contributed by atoms with E-state index in [1.165, 1.54) is 16.2 Å². The molecule has 0 saturated heterocycles. The number of carbonyl (C=O) groups excluding carboxylic acids is 2. The zero-order valence-electron chi connectivity index (χ0n) is 11.5. The molecule has 6 heteroatoms. The van der Waals surface area contributed by atoms with E-state index >= 15 is 0 Å². The van der Waals surface area contributed by atoms with Gasteiger partial charge in [-0.3, -0.25) is 9.59 Å². The summed E-state index contributed by atoms with van der Waals surface area (Å²) in [4.78, 5) is 26.8. The van der Waals surface area contributed by atoms with E-state index in [0.717, 1.165) is 25.7 Å². The Morgan fingerprint density at radius 1 is 1.00 bits per heavy atom. The van der Waals surface area contributed by atoms with E-state index in [-0.39, 0.29) is 32.3 Å². The summed E-state index contributed by atoms with van der Waals surface area (Å²) in [5.41, 5.74) is 0. The van der Waals surface area contributed by atoms with Gasteiger partial charge < -0.3 is 20.0 Å². The predicted molar refractivity (Wildman–Crippen MR) is 70.4 cm³/mol. The molecule has 6 nitrogen and oxygen atoms in total. The smallest absolute Gasteiger partial charge is 0.312 e. The van der Waals surface area contributed by atoms with Crippen molar-refractivity contribution in [1.82, 2.24) is 9.80 Å². The van der Waals surface area contributed by atoms with Crippen molar-refractivity contribution in [3.63, 3.8) is 0 Å². The summed E-state index contributed by atoms with van der Waals surface area (Å²) in [7, 11) is 1.66. The molecular formula is C13H24N2O4. The molecule has 1 aliphatic rings. The van der Waals surface area contributed by atoms with Gasteiger partial charge in [-0.15, -0.1) is 0 Å². The second kappa shape index (κ2) is 8.12. The Kier molecular flexibility index (Phi) is 6.80. The maximum atomic E-state index is 12.1. The number of rotatable bonds is 5. The molecule has 1 saturated carbocycles. The van der Waals surface area contributed by atoms with Gasteiger partial charge in [0.15, 0.2) is 0 Å².